The van der Waals surface area contributed by atoms with E-state index in [1.54, 1.807) is 0 Å². The Kier molecular flexibility index (Phi) is 5.00. The highest BCUT2D eigenvalue weighted by atomic mass is 32.1. The molecule has 0 spiro atoms. The molecule has 1 aromatic heterocycles. The number of thiophene rings is 1. The molecule has 2 rings (SSSR count). The molecule has 2 heterocycles. The van der Waals surface area contributed by atoms with Crippen molar-refractivity contribution in [2.75, 3.05) is 32.7 Å². The number of hydrogen-bond acceptors (Lipinski definition) is 4. The highest BCUT2D eigenvalue weighted by Crippen LogP contribution is 2.24. The number of hydrogen-bond donors (Lipinski definition) is 1. The molecule has 2 N–H and O–H groups in total. The van der Waals surface area contributed by atoms with Gasteiger partial charge in [0.1, 0.15) is 0 Å². The summed E-state index contributed by atoms with van der Waals surface area (Å²) >= 11 is 1.46. The van der Waals surface area contributed by atoms with Gasteiger partial charge in [0.15, 0.2) is 0 Å². The van der Waals surface area contributed by atoms with E-state index in [2.05, 4.69) is 0 Å². The second-order valence-electron chi connectivity index (χ2n) is 5.68. The number of rotatable bonds is 4. The van der Waals surface area contributed by atoms with Crippen LogP contribution in [-0.2, 0) is 4.79 Å². The first kappa shape index (κ1) is 16.0. The van der Waals surface area contributed by atoms with Gasteiger partial charge in [-0.2, -0.15) is 0 Å². The number of carbonyl (C=O) groups excluding carboxylic acids is 2. The summed E-state index contributed by atoms with van der Waals surface area (Å²) in [5.74, 6) is 0.171. The molecule has 1 saturated heterocycles. The van der Waals surface area contributed by atoms with Crippen molar-refractivity contribution in [2.24, 2.45) is 11.1 Å². The molecule has 21 heavy (non-hydrogen) atoms. The predicted octanol–water partition coefficient (Wildman–Crippen LogP) is 1.41. The SMILES string of the molecule is CCC(C)(CN)C(=O)N1CCN(C(=O)c2cccs2)CC1. The number of nitrogens with two attached hydrogens (primary N) is 1. The Hall–Kier alpha value is -1.40. The summed E-state index contributed by atoms with van der Waals surface area (Å²) in [5.41, 5.74) is 5.27. The van der Waals surface area contributed by atoms with Crippen molar-refractivity contribution in [3.8, 4) is 0 Å². The largest absolute Gasteiger partial charge is 0.339 e. The van der Waals surface area contributed by atoms with E-state index in [4.69, 9.17) is 5.73 Å². The fourth-order valence-electron chi connectivity index (χ4n) is 2.43. The van der Waals surface area contributed by atoms with Gasteiger partial charge in [0.05, 0.1) is 10.3 Å². The van der Waals surface area contributed by atoms with Crippen molar-refractivity contribution in [1.29, 1.82) is 0 Å². The predicted molar refractivity (Wildman–Crippen MR) is 84.3 cm³/mol. The molecule has 0 radical (unpaired) electrons. The van der Waals surface area contributed by atoms with Crippen LogP contribution < -0.4 is 5.73 Å². The first-order valence-corrected chi connectivity index (χ1v) is 8.22. The zero-order valence-corrected chi connectivity index (χ0v) is 13.5. The average molecular weight is 309 g/mol. The second kappa shape index (κ2) is 6.58. The monoisotopic (exact) mass is 309 g/mol. The Morgan fingerprint density at radius 2 is 1.90 bits per heavy atom. The molecule has 116 valence electrons. The summed E-state index contributed by atoms with van der Waals surface area (Å²) in [6.45, 7) is 6.62. The fourth-order valence-corrected chi connectivity index (χ4v) is 3.12. The lowest BCUT2D eigenvalue weighted by Gasteiger charge is -2.39. The van der Waals surface area contributed by atoms with Gasteiger partial charge in [-0.15, -0.1) is 11.3 Å². The van der Waals surface area contributed by atoms with E-state index in [0.717, 1.165) is 11.3 Å². The summed E-state index contributed by atoms with van der Waals surface area (Å²) in [7, 11) is 0. The highest BCUT2D eigenvalue weighted by molar-refractivity contribution is 7.12. The molecular weight excluding hydrogens is 286 g/mol. The zero-order valence-electron chi connectivity index (χ0n) is 12.7. The van der Waals surface area contributed by atoms with E-state index in [9.17, 15) is 9.59 Å². The van der Waals surface area contributed by atoms with E-state index in [0.29, 0.717) is 32.7 Å². The maximum absolute atomic E-state index is 12.5. The third kappa shape index (κ3) is 3.27. The Bertz CT molecular complexity index is 489. The lowest BCUT2D eigenvalue weighted by Crippen LogP contribution is -2.55. The molecule has 0 aliphatic carbocycles. The van der Waals surface area contributed by atoms with E-state index >= 15 is 0 Å². The number of nitrogens with zero attached hydrogens (tertiary/aromatic N) is 2. The summed E-state index contributed by atoms with van der Waals surface area (Å²) in [6.07, 6.45) is 0.733. The topological polar surface area (TPSA) is 66.6 Å². The van der Waals surface area contributed by atoms with Crippen LogP contribution in [0.4, 0.5) is 0 Å². The van der Waals surface area contributed by atoms with Gasteiger partial charge in [0, 0.05) is 32.7 Å². The molecule has 1 atom stereocenters. The van der Waals surface area contributed by atoms with Gasteiger partial charge in [0.2, 0.25) is 5.91 Å². The summed E-state index contributed by atoms with van der Waals surface area (Å²) in [4.78, 5) is 29.2. The minimum Gasteiger partial charge on any atom is -0.339 e. The third-order valence-corrected chi connectivity index (χ3v) is 5.19. The fraction of sp³-hybridized carbons (Fsp3) is 0.600. The first-order valence-electron chi connectivity index (χ1n) is 7.34. The van der Waals surface area contributed by atoms with E-state index < -0.39 is 5.41 Å². The molecule has 1 fully saturated rings. The van der Waals surface area contributed by atoms with Gasteiger partial charge in [-0.1, -0.05) is 13.0 Å². The van der Waals surface area contributed by atoms with Crippen molar-refractivity contribution in [1.82, 2.24) is 9.80 Å². The minimum absolute atomic E-state index is 0.0641. The van der Waals surface area contributed by atoms with Crippen molar-refractivity contribution in [3.05, 3.63) is 22.4 Å². The summed E-state index contributed by atoms with van der Waals surface area (Å²) in [5, 5.41) is 1.90. The lowest BCUT2D eigenvalue weighted by molar-refractivity contribution is -0.142. The molecular formula is C15H23N3O2S. The van der Waals surface area contributed by atoms with Gasteiger partial charge >= 0.3 is 0 Å². The molecule has 1 aliphatic rings. The van der Waals surface area contributed by atoms with Crippen LogP contribution >= 0.6 is 11.3 Å². The zero-order chi connectivity index (χ0) is 15.5. The molecule has 2 amide bonds. The molecule has 1 aromatic rings. The Balaban J connectivity index is 1.94. The normalized spacial score (nSPS) is 18.4. The summed E-state index contributed by atoms with van der Waals surface area (Å²) in [6, 6.07) is 3.72. The maximum atomic E-state index is 12.5. The van der Waals surface area contributed by atoms with E-state index in [1.165, 1.54) is 11.3 Å². The molecule has 0 saturated carbocycles. The van der Waals surface area contributed by atoms with Crippen LogP contribution in [0.1, 0.15) is 29.9 Å². The van der Waals surface area contributed by atoms with Crippen molar-refractivity contribution in [2.45, 2.75) is 20.3 Å². The molecule has 0 bridgehead atoms. The molecule has 5 nitrogen and oxygen atoms in total. The lowest BCUT2D eigenvalue weighted by atomic mass is 9.86. The number of carbonyl (C=O) groups is 2. The third-order valence-electron chi connectivity index (χ3n) is 4.33. The number of amides is 2. The first-order chi connectivity index (χ1) is 10.0. The van der Waals surface area contributed by atoms with Crippen LogP contribution in [0.25, 0.3) is 0 Å². The van der Waals surface area contributed by atoms with Gasteiger partial charge in [0.25, 0.3) is 5.91 Å². The van der Waals surface area contributed by atoms with Gasteiger partial charge in [-0.05, 0) is 24.8 Å². The van der Waals surface area contributed by atoms with Crippen molar-refractivity contribution in [3.63, 3.8) is 0 Å². The summed E-state index contributed by atoms with van der Waals surface area (Å²) < 4.78 is 0. The quantitative estimate of drug-likeness (QED) is 0.914. The molecule has 1 aliphatic heterocycles. The van der Waals surface area contributed by atoms with Crippen molar-refractivity contribution < 1.29 is 9.59 Å². The maximum Gasteiger partial charge on any atom is 0.264 e. The van der Waals surface area contributed by atoms with Gasteiger partial charge in [-0.3, -0.25) is 9.59 Å². The van der Waals surface area contributed by atoms with Gasteiger partial charge < -0.3 is 15.5 Å². The van der Waals surface area contributed by atoms with Crippen LogP contribution in [0, 0.1) is 5.41 Å². The standard InChI is InChI=1S/C15H23N3O2S/c1-3-15(2,11-16)14(20)18-8-6-17(7-9-18)13(19)12-5-4-10-21-12/h4-5,10H,3,6-9,11,16H2,1-2H3. The molecule has 1 unspecified atom stereocenters. The van der Waals surface area contributed by atoms with Crippen LogP contribution in [-0.4, -0.2) is 54.3 Å². The Morgan fingerprint density at radius 1 is 1.29 bits per heavy atom. The molecule has 6 heteroatoms. The minimum atomic E-state index is -0.486. The average Bonchev–Trinajstić information content (AvgIpc) is 3.07. The Labute approximate surface area is 129 Å². The number of piperazine rings is 1. The second-order valence-corrected chi connectivity index (χ2v) is 6.63. The van der Waals surface area contributed by atoms with Crippen molar-refractivity contribution >= 4 is 23.2 Å². The smallest absolute Gasteiger partial charge is 0.264 e. The van der Waals surface area contributed by atoms with Crippen LogP contribution in [0.5, 0.6) is 0 Å². The highest BCUT2D eigenvalue weighted by Gasteiger charge is 2.35. The molecule has 0 aromatic carbocycles. The van der Waals surface area contributed by atoms with E-state index in [1.807, 2.05) is 41.2 Å². The van der Waals surface area contributed by atoms with Crippen LogP contribution in [0.15, 0.2) is 17.5 Å². The van der Waals surface area contributed by atoms with Gasteiger partial charge in [-0.25, -0.2) is 0 Å². The van der Waals surface area contributed by atoms with Crippen LogP contribution in [0.2, 0.25) is 0 Å². The Morgan fingerprint density at radius 3 is 2.38 bits per heavy atom. The van der Waals surface area contributed by atoms with E-state index in [-0.39, 0.29) is 11.8 Å². The van der Waals surface area contributed by atoms with Crippen LogP contribution in [0.3, 0.4) is 0 Å².